The van der Waals surface area contributed by atoms with Crippen LogP contribution in [-0.4, -0.2) is 37.7 Å². The predicted molar refractivity (Wildman–Crippen MR) is 91.9 cm³/mol. The lowest BCUT2D eigenvalue weighted by Gasteiger charge is -2.32. The molecule has 0 bridgehead atoms. The normalized spacial score (nSPS) is 19.7. The number of ether oxygens (including phenoxy) is 1. The predicted octanol–water partition coefficient (Wildman–Crippen LogP) is 3.81. The first-order valence-electron chi connectivity index (χ1n) is 8.03. The molecule has 0 aliphatic carbocycles. The van der Waals surface area contributed by atoms with E-state index >= 15 is 0 Å². The van der Waals surface area contributed by atoms with Crippen LogP contribution in [0, 0.1) is 0 Å². The fraction of sp³-hybridized carbons (Fsp3) is 0.647. The van der Waals surface area contributed by atoms with Crippen LogP contribution in [0.1, 0.15) is 38.2 Å². The Labute approximate surface area is 137 Å². The van der Waals surface area contributed by atoms with E-state index in [-0.39, 0.29) is 0 Å². The highest BCUT2D eigenvalue weighted by Gasteiger charge is 2.18. The fourth-order valence-corrected chi connectivity index (χ4v) is 3.24. The first-order valence-corrected chi connectivity index (χ1v) is 8.82. The Morgan fingerprint density at radius 2 is 2.24 bits per heavy atom. The molecule has 1 unspecified atom stereocenters. The molecule has 1 fully saturated rings. The summed E-state index contributed by atoms with van der Waals surface area (Å²) in [6.07, 6.45) is 5.13. The minimum atomic E-state index is 0.690. The zero-order valence-electron chi connectivity index (χ0n) is 13.2. The van der Waals surface area contributed by atoms with E-state index in [0.717, 1.165) is 36.3 Å². The standard InChI is InChI=1S/C17H27BrN2O/c1-3-19-13-14-12-16(7-8-17(14)18)21-11-9-15-6-4-5-10-20(15)2/h7-8,12,15,19H,3-6,9-11,13H2,1-2H3. The Hall–Kier alpha value is -0.580. The number of nitrogens with zero attached hydrogens (tertiary/aromatic N) is 1. The van der Waals surface area contributed by atoms with E-state index in [0.29, 0.717) is 6.04 Å². The van der Waals surface area contributed by atoms with Gasteiger partial charge < -0.3 is 15.0 Å². The lowest BCUT2D eigenvalue weighted by molar-refractivity contribution is 0.153. The second-order valence-corrected chi connectivity index (χ2v) is 6.66. The van der Waals surface area contributed by atoms with E-state index in [1.807, 2.05) is 6.07 Å². The van der Waals surface area contributed by atoms with Crippen molar-refractivity contribution in [2.75, 3.05) is 26.7 Å². The summed E-state index contributed by atoms with van der Waals surface area (Å²) in [4.78, 5) is 2.48. The van der Waals surface area contributed by atoms with Crippen molar-refractivity contribution in [2.24, 2.45) is 0 Å². The molecule has 3 nitrogen and oxygen atoms in total. The number of rotatable bonds is 7. The molecule has 1 heterocycles. The third-order valence-electron chi connectivity index (χ3n) is 4.22. The van der Waals surface area contributed by atoms with Crippen LogP contribution in [-0.2, 0) is 6.54 Å². The zero-order chi connectivity index (χ0) is 15.1. The van der Waals surface area contributed by atoms with Crippen molar-refractivity contribution in [1.82, 2.24) is 10.2 Å². The van der Waals surface area contributed by atoms with Crippen LogP contribution in [0.15, 0.2) is 22.7 Å². The van der Waals surface area contributed by atoms with Gasteiger partial charge in [0.15, 0.2) is 0 Å². The molecule has 0 spiro atoms. The highest BCUT2D eigenvalue weighted by Crippen LogP contribution is 2.23. The number of hydrogen-bond acceptors (Lipinski definition) is 3. The molecule has 1 aromatic carbocycles. The van der Waals surface area contributed by atoms with Crippen molar-refractivity contribution in [3.05, 3.63) is 28.2 Å². The first kappa shape index (κ1) is 16.8. The number of halogens is 1. The Morgan fingerprint density at radius 3 is 3.00 bits per heavy atom. The van der Waals surface area contributed by atoms with Crippen molar-refractivity contribution in [2.45, 2.75) is 45.2 Å². The fourth-order valence-electron chi connectivity index (χ4n) is 2.86. The van der Waals surface area contributed by atoms with Crippen molar-refractivity contribution in [1.29, 1.82) is 0 Å². The average Bonchev–Trinajstić information content (AvgIpc) is 2.49. The van der Waals surface area contributed by atoms with Gasteiger partial charge in [-0.1, -0.05) is 29.3 Å². The summed E-state index contributed by atoms with van der Waals surface area (Å²) >= 11 is 3.60. The molecule has 0 radical (unpaired) electrons. The summed E-state index contributed by atoms with van der Waals surface area (Å²) in [5.74, 6) is 0.976. The zero-order valence-corrected chi connectivity index (χ0v) is 14.8. The van der Waals surface area contributed by atoms with E-state index in [1.165, 1.54) is 31.4 Å². The van der Waals surface area contributed by atoms with Gasteiger partial charge in [-0.3, -0.25) is 0 Å². The van der Waals surface area contributed by atoms with E-state index in [9.17, 15) is 0 Å². The van der Waals surface area contributed by atoms with E-state index < -0.39 is 0 Å². The smallest absolute Gasteiger partial charge is 0.119 e. The number of likely N-dealkylation sites (tertiary alicyclic amines) is 1. The number of benzene rings is 1. The molecule has 0 amide bonds. The minimum Gasteiger partial charge on any atom is -0.494 e. The summed E-state index contributed by atoms with van der Waals surface area (Å²) < 4.78 is 7.10. The van der Waals surface area contributed by atoms with Gasteiger partial charge in [-0.25, -0.2) is 0 Å². The molecular formula is C17H27BrN2O. The van der Waals surface area contributed by atoms with E-state index in [4.69, 9.17) is 4.74 Å². The van der Waals surface area contributed by atoms with Crippen molar-refractivity contribution >= 4 is 15.9 Å². The van der Waals surface area contributed by atoms with Gasteiger partial charge >= 0.3 is 0 Å². The summed E-state index contributed by atoms with van der Waals surface area (Å²) in [5, 5.41) is 3.35. The molecule has 1 aromatic rings. The molecule has 4 heteroatoms. The van der Waals surface area contributed by atoms with Crippen LogP contribution >= 0.6 is 15.9 Å². The monoisotopic (exact) mass is 354 g/mol. The van der Waals surface area contributed by atoms with Crippen LogP contribution in [0.3, 0.4) is 0 Å². The molecular weight excluding hydrogens is 328 g/mol. The van der Waals surface area contributed by atoms with Gasteiger partial charge in [0, 0.05) is 17.1 Å². The Balaban J connectivity index is 1.82. The third-order valence-corrected chi connectivity index (χ3v) is 5.00. The van der Waals surface area contributed by atoms with Crippen molar-refractivity contribution < 1.29 is 4.74 Å². The molecule has 0 aromatic heterocycles. The second kappa shape index (κ2) is 8.76. The average molecular weight is 355 g/mol. The van der Waals surface area contributed by atoms with Crippen molar-refractivity contribution in [3.63, 3.8) is 0 Å². The Morgan fingerprint density at radius 1 is 1.38 bits per heavy atom. The van der Waals surface area contributed by atoms with Crippen LogP contribution in [0.5, 0.6) is 5.75 Å². The summed E-state index contributed by atoms with van der Waals surface area (Å²) in [6, 6.07) is 6.95. The largest absolute Gasteiger partial charge is 0.494 e. The highest BCUT2D eigenvalue weighted by atomic mass is 79.9. The van der Waals surface area contributed by atoms with Gasteiger partial charge in [0.1, 0.15) is 5.75 Å². The molecule has 1 atom stereocenters. The van der Waals surface area contributed by atoms with E-state index in [2.05, 4.69) is 52.3 Å². The van der Waals surface area contributed by atoms with Crippen LogP contribution in [0.2, 0.25) is 0 Å². The Kier molecular flexibility index (Phi) is 7.00. The first-order chi connectivity index (χ1) is 10.2. The maximum atomic E-state index is 5.96. The highest BCUT2D eigenvalue weighted by molar-refractivity contribution is 9.10. The molecule has 21 heavy (non-hydrogen) atoms. The maximum absolute atomic E-state index is 5.96. The molecule has 2 rings (SSSR count). The molecule has 118 valence electrons. The summed E-state index contributed by atoms with van der Waals surface area (Å²) in [7, 11) is 2.23. The molecule has 1 aliphatic heterocycles. The second-order valence-electron chi connectivity index (χ2n) is 5.80. The number of nitrogens with one attached hydrogen (secondary N) is 1. The third kappa shape index (κ3) is 5.28. The van der Waals surface area contributed by atoms with Gasteiger partial charge in [-0.2, -0.15) is 0 Å². The molecule has 1 aliphatic rings. The van der Waals surface area contributed by atoms with Gasteiger partial charge in [0.25, 0.3) is 0 Å². The maximum Gasteiger partial charge on any atom is 0.119 e. The Bertz CT molecular complexity index is 439. The number of piperidine rings is 1. The summed E-state index contributed by atoms with van der Waals surface area (Å²) in [5.41, 5.74) is 1.25. The van der Waals surface area contributed by atoms with Crippen molar-refractivity contribution in [3.8, 4) is 5.75 Å². The quantitative estimate of drug-likeness (QED) is 0.805. The lowest BCUT2D eigenvalue weighted by Crippen LogP contribution is -2.37. The van der Waals surface area contributed by atoms with Gasteiger partial charge in [-0.05, 0) is 63.2 Å². The minimum absolute atomic E-state index is 0.690. The van der Waals surface area contributed by atoms with E-state index in [1.54, 1.807) is 0 Å². The van der Waals surface area contributed by atoms with Gasteiger partial charge in [0.05, 0.1) is 6.61 Å². The SMILES string of the molecule is CCNCc1cc(OCCC2CCCCN2C)ccc1Br. The summed E-state index contributed by atoms with van der Waals surface area (Å²) in [6.45, 7) is 6.01. The molecule has 1 N–H and O–H groups in total. The molecule has 0 saturated carbocycles. The van der Waals surface area contributed by atoms with Gasteiger partial charge in [-0.15, -0.1) is 0 Å². The lowest BCUT2D eigenvalue weighted by atomic mass is 10.0. The van der Waals surface area contributed by atoms with Crippen LogP contribution in [0.25, 0.3) is 0 Å². The topological polar surface area (TPSA) is 24.5 Å². The van der Waals surface area contributed by atoms with Crippen LogP contribution in [0.4, 0.5) is 0 Å². The van der Waals surface area contributed by atoms with Gasteiger partial charge in [0.2, 0.25) is 0 Å². The number of hydrogen-bond donors (Lipinski definition) is 1. The molecule has 1 saturated heterocycles. The van der Waals surface area contributed by atoms with Crippen LogP contribution < -0.4 is 10.1 Å².